The van der Waals surface area contributed by atoms with Crippen LogP contribution in [-0.4, -0.2) is 42.4 Å². The Morgan fingerprint density at radius 3 is 2.32 bits per heavy atom. The van der Waals surface area contributed by atoms with Gasteiger partial charge in [-0.05, 0) is 31.4 Å². The van der Waals surface area contributed by atoms with Crippen molar-refractivity contribution >= 4 is 33.5 Å². The van der Waals surface area contributed by atoms with E-state index in [4.69, 9.17) is 0 Å². The molecule has 0 aliphatic rings. The highest BCUT2D eigenvalue weighted by Crippen LogP contribution is 2.30. The molecule has 8 heteroatoms. The van der Waals surface area contributed by atoms with E-state index in [0.29, 0.717) is 11.3 Å². The fourth-order valence-corrected chi connectivity index (χ4v) is 5.05. The second kappa shape index (κ2) is 9.24. The number of benzene rings is 1. The Morgan fingerprint density at radius 1 is 1.20 bits per heavy atom. The van der Waals surface area contributed by atoms with Crippen molar-refractivity contribution in [3.63, 3.8) is 0 Å². The molecule has 6 nitrogen and oxygen atoms in total. The van der Waals surface area contributed by atoms with Gasteiger partial charge in [-0.15, -0.1) is 11.8 Å². The van der Waals surface area contributed by atoms with E-state index >= 15 is 0 Å². The Hall–Kier alpha value is -1.54. The molecule has 0 aromatic heterocycles. The first kappa shape index (κ1) is 21.5. The summed E-state index contributed by atoms with van der Waals surface area (Å²) in [5, 5.41) is 11.1. The quantitative estimate of drug-likeness (QED) is 0.632. The predicted octanol–water partition coefficient (Wildman–Crippen LogP) is 2.58. The number of carbonyl (C=O) groups excluding carboxylic acids is 1. The molecule has 0 saturated carbocycles. The van der Waals surface area contributed by atoms with Crippen LogP contribution in [0.4, 0.5) is 0 Å². The fraction of sp³-hybridized carbons (Fsp3) is 0.529. The van der Waals surface area contributed by atoms with Gasteiger partial charge in [0.2, 0.25) is 5.91 Å². The van der Waals surface area contributed by atoms with E-state index < -0.39 is 33.0 Å². The lowest BCUT2D eigenvalue weighted by Crippen LogP contribution is -2.46. The van der Waals surface area contributed by atoms with Gasteiger partial charge in [-0.1, -0.05) is 32.9 Å². The maximum atomic E-state index is 12.4. The molecular formula is C17H25NO5S2. The lowest BCUT2D eigenvalue weighted by molar-refractivity contribution is -0.143. The second-order valence-electron chi connectivity index (χ2n) is 6.09. The number of sulfone groups is 1. The lowest BCUT2D eigenvalue weighted by Gasteiger charge is -2.21. The summed E-state index contributed by atoms with van der Waals surface area (Å²) in [6.45, 7) is 6.84. The second-order valence-corrected chi connectivity index (χ2v) is 9.55. The molecule has 1 amide bonds. The van der Waals surface area contributed by atoms with Crippen LogP contribution >= 0.6 is 11.8 Å². The number of hydrogen-bond acceptors (Lipinski definition) is 5. The standard InChI is InChI=1S/C17H25NO5S2/c1-5-10-25(22,23)14-9-7-6-8-13(14)24-12(4)16(19)18-15(11(2)3)17(20)21/h6-9,11-12,15H,5,10H2,1-4H3,(H,18,19)(H,20,21). The summed E-state index contributed by atoms with van der Waals surface area (Å²) in [6, 6.07) is 5.58. The summed E-state index contributed by atoms with van der Waals surface area (Å²) in [7, 11) is -3.41. The van der Waals surface area contributed by atoms with Crippen LogP contribution in [0.1, 0.15) is 34.1 Å². The Balaban J connectivity index is 2.96. The van der Waals surface area contributed by atoms with Crippen LogP contribution in [0, 0.1) is 5.92 Å². The van der Waals surface area contributed by atoms with E-state index in [1.54, 1.807) is 45.9 Å². The summed E-state index contributed by atoms with van der Waals surface area (Å²) >= 11 is 1.11. The minimum atomic E-state index is -3.41. The molecular weight excluding hydrogens is 362 g/mol. The molecule has 0 fully saturated rings. The number of carbonyl (C=O) groups is 2. The normalized spacial score (nSPS) is 14.1. The first-order valence-corrected chi connectivity index (χ1v) is 10.6. The number of thioether (sulfide) groups is 1. The number of carboxylic acid groups (broad SMARTS) is 1. The fourth-order valence-electron chi connectivity index (χ4n) is 2.21. The first-order valence-electron chi connectivity index (χ1n) is 8.11. The number of amides is 1. The molecule has 0 bridgehead atoms. The van der Waals surface area contributed by atoms with E-state index in [1.807, 2.05) is 0 Å². The average Bonchev–Trinajstić information content (AvgIpc) is 2.51. The van der Waals surface area contributed by atoms with E-state index in [1.165, 1.54) is 6.07 Å². The van der Waals surface area contributed by atoms with Crippen molar-refractivity contribution in [2.24, 2.45) is 5.92 Å². The summed E-state index contributed by atoms with van der Waals surface area (Å²) < 4.78 is 24.7. The molecule has 1 aromatic rings. The van der Waals surface area contributed by atoms with Gasteiger partial charge in [0, 0.05) is 4.90 Å². The highest BCUT2D eigenvalue weighted by atomic mass is 32.2. The zero-order chi connectivity index (χ0) is 19.2. The van der Waals surface area contributed by atoms with Gasteiger partial charge in [-0.25, -0.2) is 13.2 Å². The minimum Gasteiger partial charge on any atom is -0.480 e. The maximum absolute atomic E-state index is 12.4. The molecule has 0 aliphatic carbocycles. The lowest BCUT2D eigenvalue weighted by atomic mass is 10.0. The topological polar surface area (TPSA) is 101 Å². The number of hydrogen-bond donors (Lipinski definition) is 2. The zero-order valence-corrected chi connectivity index (χ0v) is 16.5. The average molecular weight is 388 g/mol. The van der Waals surface area contributed by atoms with Gasteiger partial charge >= 0.3 is 5.97 Å². The summed E-state index contributed by atoms with van der Waals surface area (Å²) in [6.07, 6.45) is 0.506. The highest BCUT2D eigenvalue weighted by molar-refractivity contribution is 8.01. The largest absolute Gasteiger partial charge is 0.480 e. The number of aliphatic carboxylic acids is 1. The third kappa shape index (κ3) is 6.04. The highest BCUT2D eigenvalue weighted by Gasteiger charge is 2.27. The van der Waals surface area contributed by atoms with Crippen molar-refractivity contribution in [2.75, 3.05) is 5.75 Å². The molecule has 0 heterocycles. The SMILES string of the molecule is CCCS(=O)(=O)c1ccccc1SC(C)C(=O)NC(C(=O)O)C(C)C. The molecule has 25 heavy (non-hydrogen) atoms. The molecule has 1 rings (SSSR count). The van der Waals surface area contributed by atoms with Gasteiger partial charge in [0.15, 0.2) is 9.84 Å². The van der Waals surface area contributed by atoms with Gasteiger partial charge in [-0.3, -0.25) is 4.79 Å². The van der Waals surface area contributed by atoms with Crippen molar-refractivity contribution in [1.29, 1.82) is 0 Å². The van der Waals surface area contributed by atoms with Crippen molar-refractivity contribution in [3.8, 4) is 0 Å². The smallest absolute Gasteiger partial charge is 0.326 e. The Kier molecular flexibility index (Phi) is 7.95. The minimum absolute atomic E-state index is 0.0413. The molecule has 2 N–H and O–H groups in total. The molecule has 2 unspecified atom stereocenters. The molecule has 0 aliphatic heterocycles. The van der Waals surface area contributed by atoms with Gasteiger partial charge in [0.05, 0.1) is 15.9 Å². The van der Waals surface area contributed by atoms with E-state index in [2.05, 4.69) is 5.32 Å². The van der Waals surface area contributed by atoms with E-state index in [0.717, 1.165) is 11.8 Å². The van der Waals surface area contributed by atoms with Crippen LogP contribution in [0.15, 0.2) is 34.1 Å². The third-order valence-electron chi connectivity index (χ3n) is 3.56. The third-order valence-corrected chi connectivity index (χ3v) is 6.84. The Morgan fingerprint density at radius 2 is 1.80 bits per heavy atom. The molecule has 2 atom stereocenters. The van der Waals surface area contributed by atoms with E-state index in [9.17, 15) is 23.1 Å². The van der Waals surface area contributed by atoms with Gasteiger partial charge in [0.1, 0.15) is 6.04 Å². The van der Waals surface area contributed by atoms with Crippen LogP contribution in [-0.2, 0) is 19.4 Å². The molecule has 0 spiro atoms. The van der Waals surface area contributed by atoms with Crippen LogP contribution in [0.3, 0.4) is 0 Å². The Bertz CT molecular complexity index is 716. The van der Waals surface area contributed by atoms with E-state index in [-0.39, 0.29) is 16.6 Å². The summed E-state index contributed by atoms with van der Waals surface area (Å²) in [4.78, 5) is 24.2. The van der Waals surface area contributed by atoms with Crippen molar-refractivity contribution in [1.82, 2.24) is 5.32 Å². The monoisotopic (exact) mass is 387 g/mol. The number of carboxylic acids is 1. The molecule has 0 radical (unpaired) electrons. The number of nitrogens with one attached hydrogen (secondary N) is 1. The molecule has 0 saturated heterocycles. The maximum Gasteiger partial charge on any atom is 0.326 e. The van der Waals surface area contributed by atoms with Gasteiger partial charge in [-0.2, -0.15) is 0 Å². The van der Waals surface area contributed by atoms with Crippen molar-refractivity contribution in [3.05, 3.63) is 24.3 Å². The summed E-state index contributed by atoms with van der Waals surface area (Å²) in [5.41, 5.74) is 0. The molecule has 1 aromatic carbocycles. The predicted molar refractivity (Wildman–Crippen MR) is 98.5 cm³/mol. The van der Waals surface area contributed by atoms with Crippen LogP contribution in [0.25, 0.3) is 0 Å². The van der Waals surface area contributed by atoms with Crippen molar-refractivity contribution in [2.45, 2.75) is 55.2 Å². The van der Waals surface area contributed by atoms with Crippen LogP contribution in [0.2, 0.25) is 0 Å². The molecule has 140 valence electrons. The number of rotatable bonds is 9. The van der Waals surface area contributed by atoms with Crippen LogP contribution in [0.5, 0.6) is 0 Å². The van der Waals surface area contributed by atoms with Crippen molar-refractivity contribution < 1.29 is 23.1 Å². The zero-order valence-electron chi connectivity index (χ0n) is 14.9. The van der Waals surface area contributed by atoms with Gasteiger partial charge in [0.25, 0.3) is 0 Å². The first-order chi connectivity index (χ1) is 11.6. The Labute approximate surface area is 153 Å². The summed E-state index contributed by atoms with van der Waals surface area (Å²) in [5.74, 6) is -1.74. The van der Waals surface area contributed by atoms with Crippen LogP contribution < -0.4 is 5.32 Å². The van der Waals surface area contributed by atoms with Gasteiger partial charge < -0.3 is 10.4 Å².